The van der Waals surface area contributed by atoms with Gasteiger partial charge in [0.2, 0.25) is 0 Å². The molecule has 3 aromatic rings. The second-order valence-electron chi connectivity index (χ2n) is 9.40. The van der Waals surface area contributed by atoms with E-state index in [1.54, 1.807) is 0 Å². The first-order valence-corrected chi connectivity index (χ1v) is 13.3. The number of rotatable bonds is 10. The van der Waals surface area contributed by atoms with Gasteiger partial charge in [-0.05, 0) is 68.6 Å². The number of aliphatic imine (C=N–C) groups is 1. The minimum Gasteiger partial charge on any atom is -0.330 e. The largest absolute Gasteiger partial charge is 0.330 e. The highest BCUT2D eigenvalue weighted by atomic mass is 35.5. The maximum Gasteiger partial charge on any atom is 0.254 e. The molecule has 0 fully saturated rings. The maximum absolute atomic E-state index is 13.8. The number of carbonyl (C=O) groups is 1. The normalized spacial score (nSPS) is 13.7. The molecule has 6 heteroatoms. The molecule has 192 valence electrons. The van der Waals surface area contributed by atoms with Gasteiger partial charge in [0.1, 0.15) is 5.84 Å². The molecule has 1 aliphatic rings. The van der Waals surface area contributed by atoms with Crippen molar-refractivity contribution in [3.8, 4) is 0 Å². The molecule has 2 N–H and O–H groups in total. The minimum absolute atomic E-state index is 0.0199. The van der Waals surface area contributed by atoms with E-state index in [0.29, 0.717) is 43.1 Å². The van der Waals surface area contributed by atoms with Crippen LogP contribution < -0.4 is 5.73 Å². The van der Waals surface area contributed by atoms with Crippen LogP contribution in [-0.4, -0.2) is 47.2 Å². The molecule has 37 heavy (non-hydrogen) atoms. The molecule has 1 heterocycles. The predicted molar refractivity (Wildman–Crippen MR) is 154 cm³/mol. The van der Waals surface area contributed by atoms with Crippen LogP contribution in [-0.2, 0) is 6.42 Å². The minimum atomic E-state index is -0.250. The number of hydrogen-bond donors (Lipinski definition) is 1. The molecular weight excluding hydrogens is 480 g/mol. The summed E-state index contributed by atoms with van der Waals surface area (Å²) in [6, 6.07) is 23.6. The van der Waals surface area contributed by atoms with Gasteiger partial charge in [-0.2, -0.15) is 0 Å². The molecule has 3 aromatic carbocycles. The van der Waals surface area contributed by atoms with Crippen LogP contribution in [0.5, 0.6) is 0 Å². The first-order valence-electron chi connectivity index (χ1n) is 12.9. The van der Waals surface area contributed by atoms with Crippen molar-refractivity contribution in [2.75, 3.05) is 19.6 Å². The highest BCUT2D eigenvalue weighted by molar-refractivity contribution is 6.31. The van der Waals surface area contributed by atoms with Crippen molar-refractivity contribution in [1.29, 1.82) is 0 Å². The van der Waals surface area contributed by atoms with Crippen molar-refractivity contribution in [3.63, 3.8) is 0 Å². The van der Waals surface area contributed by atoms with Gasteiger partial charge in [-0.15, -0.1) is 0 Å². The Hall–Kier alpha value is -3.41. The standard InChI is InChI=1S/C31H35ClN4O/c1-4-29(36(19-8-18-33)31(37)25-13-11-22(2)12-14-25)30-34-28-21-26(32)15-16-27(28)23(3)35(30)20-17-24-9-6-5-7-10-24/h5-7,9-16,21,29H,3-4,8,17-20,33H2,1-2H3. The molecule has 1 unspecified atom stereocenters. The van der Waals surface area contributed by atoms with Crippen LogP contribution in [0.25, 0.3) is 5.70 Å². The van der Waals surface area contributed by atoms with Gasteiger partial charge in [0.15, 0.2) is 0 Å². The fourth-order valence-corrected chi connectivity index (χ4v) is 4.93. The van der Waals surface area contributed by atoms with Gasteiger partial charge < -0.3 is 15.5 Å². The van der Waals surface area contributed by atoms with Crippen molar-refractivity contribution >= 4 is 34.7 Å². The number of benzene rings is 3. The fraction of sp³-hybridized carbons (Fsp3) is 0.290. The lowest BCUT2D eigenvalue weighted by molar-refractivity contribution is 0.0714. The summed E-state index contributed by atoms with van der Waals surface area (Å²) >= 11 is 6.35. The average Bonchev–Trinajstić information content (AvgIpc) is 2.91. The average molecular weight is 515 g/mol. The quantitative estimate of drug-likeness (QED) is 0.337. The van der Waals surface area contributed by atoms with E-state index in [0.717, 1.165) is 34.8 Å². The molecule has 0 aliphatic carbocycles. The molecular formula is C31H35ClN4O. The summed E-state index contributed by atoms with van der Waals surface area (Å²) in [6.45, 7) is 10.3. The maximum atomic E-state index is 13.8. The number of hydrogen-bond acceptors (Lipinski definition) is 4. The highest BCUT2D eigenvalue weighted by Gasteiger charge is 2.34. The molecule has 5 nitrogen and oxygen atoms in total. The van der Waals surface area contributed by atoms with Crippen LogP contribution in [0.4, 0.5) is 5.69 Å². The lowest BCUT2D eigenvalue weighted by Crippen LogP contribution is -2.52. The third kappa shape index (κ3) is 6.12. The molecule has 1 atom stereocenters. The van der Waals surface area contributed by atoms with E-state index in [1.807, 2.05) is 60.4 Å². The van der Waals surface area contributed by atoms with Crippen LogP contribution >= 0.6 is 11.6 Å². The van der Waals surface area contributed by atoms with Crippen LogP contribution in [0, 0.1) is 6.92 Å². The van der Waals surface area contributed by atoms with Crippen molar-refractivity contribution in [3.05, 3.63) is 107 Å². The predicted octanol–water partition coefficient (Wildman–Crippen LogP) is 6.48. The Labute approximate surface area is 225 Å². The van der Waals surface area contributed by atoms with E-state index in [-0.39, 0.29) is 11.9 Å². The monoisotopic (exact) mass is 514 g/mol. The van der Waals surface area contributed by atoms with E-state index in [1.165, 1.54) is 5.56 Å². The fourth-order valence-electron chi connectivity index (χ4n) is 4.76. The molecule has 0 aromatic heterocycles. The van der Waals surface area contributed by atoms with Gasteiger partial charge >= 0.3 is 0 Å². The number of carbonyl (C=O) groups excluding carboxylic acids is 1. The summed E-state index contributed by atoms with van der Waals surface area (Å²) in [5.74, 6) is 0.796. The van der Waals surface area contributed by atoms with E-state index in [2.05, 4.69) is 42.7 Å². The van der Waals surface area contributed by atoms with E-state index < -0.39 is 0 Å². The molecule has 0 saturated heterocycles. The summed E-state index contributed by atoms with van der Waals surface area (Å²) in [6.07, 6.45) is 2.23. The van der Waals surface area contributed by atoms with Gasteiger partial charge in [-0.1, -0.05) is 73.1 Å². The first-order chi connectivity index (χ1) is 17.9. The molecule has 0 saturated carbocycles. The van der Waals surface area contributed by atoms with Crippen molar-refractivity contribution in [2.45, 2.75) is 39.2 Å². The number of amidine groups is 1. The molecule has 1 aliphatic heterocycles. The number of halogens is 1. The van der Waals surface area contributed by atoms with E-state index >= 15 is 0 Å². The van der Waals surface area contributed by atoms with Gasteiger partial charge in [0.05, 0.1) is 11.7 Å². The van der Waals surface area contributed by atoms with Crippen LogP contribution in [0.15, 0.2) is 84.4 Å². The molecule has 1 amide bonds. The Morgan fingerprint density at radius 2 is 1.84 bits per heavy atom. The number of aryl methyl sites for hydroxylation is 1. The van der Waals surface area contributed by atoms with Gasteiger partial charge in [-0.25, -0.2) is 4.99 Å². The topological polar surface area (TPSA) is 61.9 Å². The van der Waals surface area contributed by atoms with Crippen LogP contribution in [0.2, 0.25) is 5.02 Å². The molecule has 0 spiro atoms. The second-order valence-corrected chi connectivity index (χ2v) is 9.83. The summed E-state index contributed by atoms with van der Waals surface area (Å²) in [4.78, 5) is 23.1. The highest BCUT2D eigenvalue weighted by Crippen LogP contribution is 2.37. The van der Waals surface area contributed by atoms with E-state index in [4.69, 9.17) is 22.3 Å². The molecule has 0 radical (unpaired) electrons. The molecule has 0 bridgehead atoms. The van der Waals surface area contributed by atoms with Crippen molar-refractivity contribution in [2.24, 2.45) is 10.7 Å². The summed E-state index contributed by atoms with van der Waals surface area (Å²) < 4.78 is 0. The van der Waals surface area contributed by atoms with E-state index in [9.17, 15) is 4.79 Å². The Morgan fingerprint density at radius 1 is 1.11 bits per heavy atom. The van der Waals surface area contributed by atoms with Crippen molar-refractivity contribution < 1.29 is 4.79 Å². The number of nitrogens with two attached hydrogens (primary N) is 1. The summed E-state index contributed by atoms with van der Waals surface area (Å²) in [5, 5.41) is 0.621. The third-order valence-corrected chi connectivity index (χ3v) is 7.03. The Bertz CT molecular complexity index is 1270. The Kier molecular flexibility index (Phi) is 8.80. The number of amides is 1. The zero-order chi connectivity index (χ0) is 26.4. The van der Waals surface area contributed by atoms with Gasteiger partial charge in [0, 0.05) is 34.9 Å². The second kappa shape index (κ2) is 12.2. The van der Waals surface area contributed by atoms with Crippen LogP contribution in [0.1, 0.15) is 46.8 Å². The third-order valence-electron chi connectivity index (χ3n) is 6.80. The zero-order valence-corrected chi connectivity index (χ0v) is 22.4. The smallest absolute Gasteiger partial charge is 0.254 e. The van der Waals surface area contributed by atoms with Crippen molar-refractivity contribution in [1.82, 2.24) is 9.80 Å². The lowest BCUT2D eigenvalue weighted by atomic mass is 10.0. The number of nitrogens with zero attached hydrogens (tertiary/aromatic N) is 3. The van der Waals surface area contributed by atoms with Gasteiger partial charge in [0.25, 0.3) is 5.91 Å². The van der Waals surface area contributed by atoms with Gasteiger partial charge in [-0.3, -0.25) is 4.79 Å². The SMILES string of the molecule is C=C1c2ccc(Cl)cc2N=C(C(CC)N(CCCN)C(=O)c2ccc(C)cc2)N1CCc1ccccc1. The van der Waals surface area contributed by atoms with Crippen LogP contribution in [0.3, 0.4) is 0 Å². The number of fused-ring (bicyclic) bond motifs is 1. The Balaban J connectivity index is 1.75. The molecule has 4 rings (SSSR count). The zero-order valence-electron chi connectivity index (χ0n) is 21.7. The summed E-state index contributed by atoms with van der Waals surface area (Å²) in [5.41, 5.74) is 11.5. The lowest BCUT2D eigenvalue weighted by Gasteiger charge is -2.40. The Morgan fingerprint density at radius 3 is 2.51 bits per heavy atom. The summed E-state index contributed by atoms with van der Waals surface area (Å²) in [7, 11) is 0. The first kappa shape index (κ1) is 26.6.